The van der Waals surface area contributed by atoms with Gasteiger partial charge < -0.3 is 10.1 Å². The lowest BCUT2D eigenvalue weighted by Gasteiger charge is -2.15. The Morgan fingerprint density at radius 1 is 1.45 bits per heavy atom. The average Bonchev–Trinajstić information content (AvgIpc) is 2.98. The number of aromatic nitrogens is 4. The summed E-state index contributed by atoms with van der Waals surface area (Å²) in [5.74, 6) is 0.714. The van der Waals surface area contributed by atoms with E-state index in [0.29, 0.717) is 18.5 Å². The maximum absolute atomic E-state index is 5.51. The van der Waals surface area contributed by atoms with E-state index >= 15 is 0 Å². The summed E-state index contributed by atoms with van der Waals surface area (Å²) < 4.78 is 7.36. The van der Waals surface area contributed by atoms with E-state index in [0.717, 1.165) is 25.1 Å². The first-order valence-corrected chi connectivity index (χ1v) is 6.92. The molecular weight excluding hydrogens is 254 g/mol. The van der Waals surface area contributed by atoms with Crippen LogP contribution in [-0.4, -0.2) is 32.4 Å². The van der Waals surface area contributed by atoms with Crippen molar-refractivity contribution in [3.63, 3.8) is 0 Å². The van der Waals surface area contributed by atoms with Crippen molar-refractivity contribution in [1.82, 2.24) is 25.1 Å². The van der Waals surface area contributed by atoms with Crippen molar-refractivity contribution in [1.29, 1.82) is 0 Å². The van der Waals surface area contributed by atoms with Gasteiger partial charge in [0.05, 0.1) is 6.61 Å². The van der Waals surface area contributed by atoms with Gasteiger partial charge in [0, 0.05) is 30.9 Å². The van der Waals surface area contributed by atoms with Crippen molar-refractivity contribution in [3.8, 4) is 5.88 Å². The van der Waals surface area contributed by atoms with Crippen molar-refractivity contribution >= 4 is 0 Å². The Balaban J connectivity index is 1.79. The van der Waals surface area contributed by atoms with Gasteiger partial charge in [-0.25, -0.2) is 9.97 Å². The van der Waals surface area contributed by atoms with E-state index < -0.39 is 0 Å². The van der Waals surface area contributed by atoms with Crippen LogP contribution in [0.15, 0.2) is 31.0 Å². The number of nitrogens with one attached hydrogen (secondary N) is 1. The first-order valence-electron chi connectivity index (χ1n) is 6.92. The minimum atomic E-state index is 0.383. The molecule has 20 heavy (non-hydrogen) atoms. The molecule has 0 saturated heterocycles. The van der Waals surface area contributed by atoms with Gasteiger partial charge in [-0.15, -0.1) is 0 Å². The first kappa shape index (κ1) is 14.5. The molecule has 0 unspecified atom stereocenters. The summed E-state index contributed by atoms with van der Waals surface area (Å²) in [6.45, 7) is 6.37. The zero-order chi connectivity index (χ0) is 14.2. The third-order valence-corrected chi connectivity index (χ3v) is 3.03. The standard InChI is InChI=1S/C14H21N5O/c1-3-20-14-13(5-4-7-16-14)9-17-12(2)6-8-19-11-15-10-18-19/h4-5,7,10-12,17H,3,6,8-9H2,1-2H3/t12-/m0/s1. The molecular formula is C14H21N5O. The van der Waals surface area contributed by atoms with Crippen LogP contribution in [0.4, 0.5) is 0 Å². The number of nitrogens with zero attached hydrogens (tertiary/aromatic N) is 4. The van der Waals surface area contributed by atoms with Crippen LogP contribution in [0.2, 0.25) is 0 Å². The second-order valence-corrected chi connectivity index (χ2v) is 4.63. The molecule has 0 radical (unpaired) electrons. The zero-order valence-corrected chi connectivity index (χ0v) is 12.0. The molecule has 108 valence electrons. The van der Waals surface area contributed by atoms with E-state index in [-0.39, 0.29) is 0 Å². The second-order valence-electron chi connectivity index (χ2n) is 4.63. The fourth-order valence-electron chi connectivity index (χ4n) is 1.89. The molecule has 0 aliphatic carbocycles. The van der Waals surface area contributed by atoms with Crippen LogP contribution in [0.1, 0.15) is 25.8 Å². The van der Waals surface area contributed by atoms with E-state index in [1.165, 1.54) is 0 Å². The highest BCUT2D eigenvalue weighted by Crippen LogP contribution is 2.14. The van der Waals surface area contributed by atoms with E-state index in [1.54, 1.807) is 18.9 Å². The zero-order valence-electron chi connectivity index (χ0n) is 12.0. The summed E-state index contributed by atoms with van der Waals surface area (Å²) in [7, 11) is 0. The highest BCUT2D eigenvalue weighted by molar-refractivity contribution is 5.25. The van der Waals surface area contributed by atoms with Crippen molar-refractivity contribution < 1.29 is 4.74 Å². The Morgan fingerprint density at radius 2 is 2.35 bits per heavy atom. The molecule has 2 rings (SSSR count). The number of ether oxygens (including phenoxy) is 1. The molecule has 0 aromatic carbocycles. The highest BCUT2D eigenvalue weighted by Gasteiger charge is 2.07. The van der Waals surface area contributed by atoms with E-state index in [4.69, 9.17) is 4.74 Å². The van der Waals surface area contributed by atoms with Crippen LogP contribution in [0.5, 0.6) is 5.88 Å². The summed E-state index contributed by atoms with van der Waals surface area (Å²) >= 11 is 0. The quantitative estimate of drug-likeness (QED) is 0.793. The van der Waals surface area contributed by atoms with Crippen molar-refractivity contribution in [3.05, 3.63) is 36.5 Å². The van der Waals surface area contributed by atoms with E-state index in [2.05, 4.69) is 27.3 Å². The first-order chi connectivity index (χ1) is 9.79. The van der Waals surface area contributed by atoms with Crippen LogP contribution in [0, 0.1) is 0 Å². The van der Waals surface area contributed by atoms with Gasteiger partial charge in [0.15, 0.2) is 0 Å². The molecule has 2 heterocycles. The van der Waals surface area contributed by atoms with E-state index in [9.17, 15) is 0 Å². The van der Waals surface area contributed by atoms with Gasteiger partial charge in [0.2, 0.25) is 5.88 Å². The summed E-state index contributed by atoms with van der Waals surface area (Å²) in [6, 6.07) is 4.35. The predicted molar refractivity (Wildman–Crippen MR) is 76.3 cm³/mol. The molecule has 6 nitrogen and oxygen atoms in total. The van der Waals surface area contributed by atoms with Gasteiger partial charge in [-0.2, -0.15) is 5.10 Å². The fourth-order valence-corrected chi connectivity index (χ4v) is 1.89. The Bertz CT molecular complexity index is 500. The van der Waals surface area contributed by atoms with Gasteiger partial charge in [-0.05, 0) is 26.3 Å². The Morgan fingerprint density at radius 3 is 3.10 bits per heavy atom. The molecule has 0 fully saturated rings. The summed E-state index contributed by atoms with van der Waals surface area (Å²) in [4.78, 5) is 8.18. The third kappa shape index (κ3) is 4.31. The molecule has 2 aromatic rings. The molecule has 0 aliphatic heterocycles. The minimum Gasteiger partial charge on any atom is -0.478 e. The Kier molecular flexibility index (Phi) is 5.49. The Hall–Kier alpha value is -1.95. The monoisotopic (exact) mass is 275 g/mol. The van der Waals surface area contributed by atoms with Gasteiger partial charge in [-0.1, -0.05) is 6.07 Å². The molecule has 0 bridgehead atoms. The predicted octanol–water partition coefficient (Wildman–Crippen LogP) is 1.64. The smallest absolute Gasteiger partial charge is 0.217 e. The summed E-state index contributed by atoms with van der Waals surface area (Å²) in [5, 5.41) is 7.57. The van der Waals surface area contributed by atoms with Crippen molar-refractivity contribution in [2.45, 2.75) is 39.4 Å². The van der Waals surface area contributed by atoms with Crippen LogP contribution in [-0.2, 0) is 13.1 Å². The van der Waals surface area contributed by atoms with Crippen LogP contribution < -0.4 is 10.1 Å². The molecule has 0 spiro atoms. The molecule has 6 heteroatoms. The molecule has 1 atom stereocenters. The lowest BCUT2D eigenvalue weighted by atomic mass is 10.2. The SMILES string of the molecule is CCOc1ncccc1CN[C@@H](C)CCn1cncn1. The lowest BCUT2D eigenvalue weighted by Crippen LogP contribution is -2.27. The van der Waals surface area contributed by atoms with Crippen LogP contribution in [0.25, 0.3) is 0 Å². The molecule has 1 N–H and O–H groups in total. The van der Waals surface area contributed by atoms with Crippen molar-refractivity contribution in [2.75, 3.05) is 6.61 Å². The van der Waals surface area contributed by atoms with Gasteiger partial charge in [-0.3, -0.25) is 4.68 Å². The van der Waals surface area contributed by atoms with Gasteiger partial charge in [0.25, 0.3) is 0 Å². The number of hydrogen-bond acceptors (Lipinski definition) is 5. The second kappa shape index (κ2) is 7.59. The van der Waals surface area contributed by atoms with E-state index in [1.807, 2.05) is 23.7 Å². The maximum Gasteiger partial charge on any atom is 0.217 e. The summed E-state index contributed by atoms with van der Waals surface area (Å²) in [5.41, 5.74) is 1.09. The van der Waals surface area contributed by atoms with Crippen LogP contribution >= 0.6 is 0 Å². The average molecular weight is 275 g/mol. The minimum absolute atomic E-state index is 0.383. The van der Waals surface area contributed by atoms with Crippen LogP contribution in [0.3, 0.4) is 0 Å². The molecule has 0 amide bonds. The Labute approximate surface area is 119 Å². The number of hydrogen-bond donors (Lipinski definition) is 1. The third-order valence-electron chi connectivity index (χ3n) is 3.03. The van der Waals surface area contributed by atoms with Crippen molar-refractivity contribution in [2.24, 2.45) is 0 Å². The number of aryl methyl sites for hydroxylation is 1. The topological polar surface area (TPSA) is 64.9 Å². The molecule has 0 aliphatic rings. The maximum atomic E-state index is 5.51. The van der Waals surface area contributed by atoms with Gasteiger partial charge in [0.1, 0.15) is 12.7 Å². The summed E-state index contributed by atoms with van der Waals surface area (Å²) in [6.07, 6.45) is 6.04. The molecule has 2 aromatic heterocycles. The fraction of sp³-hybridized carbons (Fsp3) is 0.500. The largest absolute Gasteiger partial charge is 0.478 e. The number of pyridine rings is 1. The highest BCUT2D eigenvalue weighted by atomic mass is 16.5. The normalized spacial score (nSPS) is 12.3. The van der Waals surface area contributed by atoms with Gasteiger partial charge >= 0.3 is 0 Å². The molecule has 0 saturated carbocycles. The number of rotatable bonds is 8. The lowest BCUT2D eigenvalue weighted by molar-refractivity contribution is 0.320.